The quantitative estimate of drug-likeness (QED) is 0.799. The van der Waals surface area contributed by atoms with Crippen molar-refractivity contribution in [1.29, 1.82) is 0 Å². The maximum Gasteiger partial charge on any atom is 0.224 e. The topological polar surface area (TPSA) is 52.6 Å². The van der Waals surface area contributed by atoms with E-state index in [1.54, 1.807) is 0 Å². The number of aliphatic hydroxyl groups is 1. The zero-order valence-electron chi connectivity index (χ0n) is 10.9. The molecule has 1 amide bonds. The van der Waals surface area contributed by atoms with Crippen LogP contribution in [0.15, 0.2) is 0 Å². The van der Waals surface area contributed by atoms with Crippen molar-refractivity contribution >= 4 is 17.7 Å². The van der Waals surface area contributed by atoms with Gasteiger partial charge in [0.1, 0.15) is 0 Å². The van der Waals surface area contributed by atoms with Crippen molar-refractivity contribution < 1.29 is 9.90 Å². The molecule has 0 radical (unpaired) electrons. The molecule has 0 aliphatic carbocycles. The van der Waals surface area contributed by atoms with E-state index < -0.39 is 0 Å². The maximum absolute atomic E-state index is 12.4. The predicted octanol–water partition coefficient (Wildman–Crippen LogP) is 0.845. The summed E-state index contributed by atoms with van der Waals surface area (Å²) in [5, 5.41) is 12.8. The number of likely N-dealkylation sites (tertiary alicyclic amines) is 1. The van der Waals surface area contributed by atoms with E-state index in [2.05, 4.69) is 5.32 Å². The Labute approximate surface area is 113 Å². The van der Waals surface area contributed by atoms with Crippen molar-refractivity contribution in [3.8, 4) is 0 Å². The fraction of sp³-hybridized carbons (Fsp3) is 0.923. The number of hydrogen-bond donors (Lipinski definition) is 2. The lowest BCUT2D eigenvalue weighted by Crippen LogP contribution is -2.46. The second-order valence-corrected chi connectivity index (χ2v) is 6.35. The van der Waals surface area contributed by atoms with E-state index in [4.69, 9.17) is 0 Å². The summed E-state index contributed by atoms with van der Waals surface area (Å²) in [6.45, 7) is 1.94. The number of rotatable bonds is 3. The Morgan fingerprint density at radius 3 is 3.00 bits per heavy atom. The van der Waals surface area contributed by atoms with Crippen LogP contribution >= 0.6 is 11.8 Å². The molecule has 2 aliphatic rings. The molecule has 0 aromatic heterocycles. The summed E-state index contributed by atoms with van der Waals surface area (Å²) < 4.78 is 0. The van der Waals surface area contributed by atoms with E-state index in [1.165, 1.54) is 6.42 Å². The SMILES string of the molecule is O=C(CC1CSCCN1)N1CCCCCC1CO. The Morgan fingerprint density at radius 1 is 1.39 bits per heavy atom. The molecule has 2 N–H and O–H groups in total. The van der Waals surface area contributed by atoms with Crippen LogP contribution in [-0.4, -0.2) is 59.2 Å². The first kappa shape index (κ1) is 14.2. The molecule has 104 valence electrons. The largest absolute Gasteiger partial charge is 0.394 e. The van der Waals surface area contributed by atoms with Crippen molar-refractivity contribution in [3.05, 3.63) is 0 Å². The Morgan fingerprint density at radius 2 is 2.28 bits per heavy atom. The Kier molecular flexibility index (Phi) is 5.79. The minimum atomic E-state index is 0.0521. The number of carbonyl (C=O) groups excluding carboxylic acids is 1. The normalized spacial score (nSPS) is 29.9. The number of nitrogens with one attached hydrogen (secondary N) is 1. The highest BCUT2D eigenvalue weighted by atomic mass is 32.2. The number of aliphatic hydroxyl groups excluding tert-OH is 1. The Bertz CT molecular complexity index is 270. The molecule has 0 spiro atoms. The zero-order valence-corrected chi connectivity index (χ0v) is 11.8. The summed E-state index contributed by atoms with van der Waals surface area (Å²) in [5.41, 5.74) is 0. The number of carbonyl (C=O) groups is 1. The number of nitrogens with zero attached hydrogens (tertiary/aromatic N) is 1. The Hall–Kier alpha value is -0.260. The maximum atomic E-state index is 12.4. The molecule has 2 fully saturated rings. The van der Waals surface area contributed by atoms with Gasteiger partial charge in [-0.3, -0.25) is 4.79 Å². The van der Waals surface area contributed by atoms with Gasteiger partial charge >= 0.3 is 0 Å². The molecule has 2 atom stereocenters. The highest BCUT2D eigenvalue weighted by Crippen LogP contribution is 2.19. The summed E-state index contributed by atoms with van der Waals surface area (Å²) in [6, 6.07) is 0.370. The van der Waals surface area contributed by atoms with Crippen LogP contribution in [0, 0.1) is 0 Å². The number of hydrogen-bond acceptors (Lipinski definition) is 4. The lowest BCUT2D eigenvalue weighted by molar-refractivity contribution is -0.134. The van der Waals surface area contributed by atoms with E-state index in [-0.39, 0.29) is 18.6 Å². The second-order valence-electron chi connectivity index (χ2n) is 5.20. The van der Waals surface area contributed by atoms with E-state index in [1.807, 2.05) is 16.7 Å². The molecule has 18 heavy (non-hydrogen) atoms. The molecule has 2 heterocycles. The monoisotopic (exact) mass is 272 g/mol. The summed E-state index contributed by atoms with van der Waals surface area (Å²) in [4.78, 5) is 14.3. The van der Waals surface area contributed by atoms with E-state index >= 15 is 0 Å². The van der Waals surface area contributed by atoms with Gasteiger partial charge in [0.2, 0.25) is 5.91 Å². The van der Waals surface area contributed by atoms with Gasteiger partial charge in [0.25, 0.3) is 0 Å². The third-order valence-corrected chi connectivity index (χ3v) is 4.96. The molecule has 4 nitrogen and oxygen atoms in total. The van der Waals surface area contributed by atoms with Gasteiger partial charge in [0.15, 0.2) is 0 Å². The molecule has 2 saturated heterocycles. The van der Waals surface area contributed by atoms with Gasteiger partial charge < -0.3 is 15.3 Å². The average molecular weight is 272 g/mol. The lowest BCUT2D eigenvalue weighted by Gasteiger charge is -2.31. The van der Waals surface area contributed by atoms with Crippen LogP contribution in [0.3, 0.4) is 0 Å². The van der Waals surface area contributed by atoms with Crippen molar-refractivity contribution in [2.24, 2.45) is 0 Å². The van der Waals surface area contributed by atoms with Crippen LogP contribution in [0.2, 0.25) is 0 Å². The van der Waals surface area contributed by atoms with Gasteiger partial charge in [-0.1, -0.05) is 12.8 Å². The third-order valence-electron chi connectivity index (χ3n) is 3.83. The van der Waals surface area contributed by atoms with Crippen LogP contribution in [0.25, 0.3) is 0 Å². The van der Waals surface area contributed by atoms with Crippen LogP contribution in [-0.2, 0) is 4.79 Å². The summed E-state index contributed by atoms with van der Waals surface area (Å²) in [5.74, 6) is 2.40. The first-order valence-corrected chi connectivity index (χ1v) is 8.18. The van der Waals surface area contributed by atoms with Gasteiger partial charge in [-0.25, -0.2) is 0 Å². The van der Waals surface area contributed by atoms with Crippen LogP contribution in [0.5, 0.6) is 0 Å². The molecule has 0 saturated carbocycles. The number of amides is 1. The number of thioether (sulfide) groups is 1. The van der Waals surface area contributed by atoms with Crippen LogP contribution in [0.1, 0.15) is 32.1 Å². The van der Waals surface area contributed by atoms with E-state index in [0.717, 1.165) is 43.9 Å². The fourth-order valence-electron chi connectivity index (χ4n) is 2.77. The molecule has 0 aromatic carbocycles. The molecule has 5 heteroatoms. The molecule has 2 rings (SSSR count). The van der Waals surface area contributed by atoms with Gasteiger partial charge in [0, 0.05) is 37.1 Å². The predicted molar refractivity (Wildman–Crippen MR) is 74.8 cm³/mol. The van der Waals surface area contributed by atoms with Gasteiger partial charge in [-0.05, 0) is 12.8 Å². The average Bonchev–Trinajstić information content (AvgIpc) is 2.64. The molecule has 2 unspecified atom stereocenters. The Balaban J connectivity index is 1.88. The van der Waals surface area contributed by atoms with Crippen molar-refractivity contribution in [3.63, 3.8) is 0 Å². The first-order valence-electron chi connectivity index (χ1n) is 7.02. The van der Waals surface area contributed by atoms with Crippen LogP contribution < -0.4 is 5.32 Å². The first-order chi connectivity index (χ1) is 8.81. The summed E-state index contributed by atoms with van der Waals surface area (Å²) in [6.07, 6.45) is 4.93. The highest BCUT2D eigenvalue weighted by molar-refractivity contribution is 7.99. The van der Waals surface area contributed by atoms with Gasteiger partial charge in [-0.2, -0.15) is 11.8 Å². The van der Waals surface area contributed by atoms with E-state index in [9.17, 15) is 9.90 Å². The van der Waals surface area contributed by atoms with Crippen LogP contribution in [0.4, 0.5) is 0 Å². The van der Waals surface area contributed by atoms with E-state index in [0.29, 0.717) is 12.5 Å². The zero-order chi connectivity index (χ0) is 12.8. The fourth-order valence-corrected chi connectivity index (χ4v) is 3.72. The van der Waals surface area contributed by atoms with Gasteiger partial charge in [-0.15, -0.1) is 0 Å². The smallest absolute Gasteiger partial charge is 0.224 e. The molecule has 0 bridgehead atoms. The van der Waals surface area contributed by atoms with Crippen molar-refractivity contribution in [1.82, 2.24) is 10.2 Å². The minimum absolute atomic E-state index is 0.0521. The third kappa shape index (κ3) is 3.87. The summed E-state index contributed by atoms with van der Waals surface area (Å²) in [7, 11) is 0. The standard InChI is InChI=1S/C13H24N2O2S/c16-9-12-4-2-1-3-6-15(12)13(17)8-11-10-18-7-5-14-11/h11-12,14,16H,1-10H2. The second kappa shape index (κ2) is 7.36. The highest BCUT2D eigenvalue weighted by Gasteiger charge is 2.27. The minimum Gasteiger partial charge on any atom is -0.394 e. The molecule has 2 aliphatic heterocycles. The molecular formula is C13H24N2O2S. The van der Waals surface area contributed by atoms with Gasteiger partial charge in [0.05, 0.1) is 12.6 Å². The molecular weight excluding hydrogens is 248 g/mol. The lowest BCUT2D eigenvalue weighted by atomic mass is 10.1. The molecule has 0 aromatic rings. The van der Waals surface area contributed by atoms with Crippen molar-refractivity contribution in [2.45, 2.75) is 44.2 Å². The summed E-state index contributed by atoms with van der Waals surface area (Å²) >= 11 is 1.92. The van der Waals surface area contributed by atoms with Crippen molar-refractivity contribution in [2.75, 3.05) is 31.2 Å².